The van der Waals surface area contributed by atoms with Gasteiger partial charge in [0.25, 0.3) is 5.91 Å². The monoisotopic (exact) mass is 342 g/mol. The van der Waals surface area contributed by atoms with Crippen molar-refractivity contribution >= 4 is 17.5 Å². The molecule has 2 fully saturated rings. The Morgan fingerprint density at radius 2 is 1.71 bits per heavy atom. The molecular formula is C19H19ClN2O2. The Hall–Kier alpha value is -2.04. The molecule has 3 unspecified atom stereocenters. The van der Waals surface area contributed by atoms with E-state index in [1.165, 1.54) is 6.42 Å². The number of carbonyl (C=O) groups is 1. The summed E-state index contributed by atoms with van der Waals surface area (Å²) < 4.78 is 5.74. The molecule has 2 bridgehead atoms. The minimum absolute atomic E-state index is 0.00871. The predicted molar refractivity (Wildman–Crippen MR) is 93.7 cm³/mol. The zero-order valence-electron chi connectivity index (χ0n) is 13.2. The lowest BCUT2D eigenvalue weighted by molar-refractivity contribution is 0.0925. The molecule has 2 N–H and O–H groups in total. The normalized spacial score (nSPS) is 24.8. The molecule has 1 amide bonds. The van der Waals surface area contributed by atoms with Crippen LogP contribution in [0.25, 0.3) is 0 Å². The van der Waals surface area contributed by atoms with Crippen molar-refractivity contribution in [1.29, 1.82) is 0 Å². The second-order valence-corrected chi connectivity index (χ2v) is 6.93. The summed E-state index contributed by atoms with van der Waals surface area (Å²) in [5, 5.41) is 7.30. The molecule has 0 spiro atoms. The van der Waals surface area contributed by atoms with Crippen LogP contribution < -0.4 is 15.4 Å². The first-order valence-electron chi connectivity index (χ1n) is 8.25. The van der Waals surface area contributed by atoms with E-state index >= 15 is 0 Å². The van der Waals surface area contributed by atoms with E-state index in [0.29, 0.717) is 40.1 Å². The van der Waals surface area contributed by atoms with E-state index in [4.69, 9.17) is 16.3 Å². The molecule has 2 aromatic carbocycles. The molecule has 5 heteroatoms. The number of carbonyl (C=O) groups excluding carboxylic acids is 1. The van der Waals surface area contributed by atoms with E-state index in [1.807, 2.05) is 24.3 Å². The van der Waals surface area contributed by atoms with Crippen LogP contribution in [0.4, 0.5) is 0 Å². The van der Waals surface area contributed by atoms with Gasteiger partial charge in [0.2, 0.25) is 0 Å². The summed E-state index contributed by atoms with van der Waals surface area (Å²) in [5.74, 6) is 1.97. The van der Waals surface area contributed by atoms with E-state index in [1.54, 1.807) is 24.3 Å². The molecule has 4 rings (SSSR count). The fourth-order valence-corrected chi connectivity index (χ4v) is 3.70. The van der Waals surface area contributed by atoms with Crippen molar-refractivity contribution in [1.82, 2.24) is 10.6 Å². The van der Waals surface area contributed by atoms with Gasteiger partial charge in [-0.15, -0.1) is 0 Å². The Labute approximate surface area is 146 Å². The summed E-state index contributed by atoms with van der Waals surface area (Å²) in [7, 11) is 0. The van der Waals surface area contributed by atoms with Crippen molar-refractivity contribution in [3.8, 4) is 11.5 Å². The van der Waals surface area contributed by atoms with E-state index in [0.717, 1.165) is 13.0 Å². The maximum Gasteiger partial charge on any atom is 0.251 e. The zero-order chi connectivity index (χ0) is 16.5. The van der Waals surface area contributed by atoms with Gasteiger partial charge >= 0.3 is 0 Å². The minimum atomic E-state index is -0.00871. The maximum absolute atomic E-state index is 12.4. The lowest BCUT2D eigenvalue weighted by atomic mass is 10.0. The van der Waals surface area contributed by atoms with Gasteiger partial charge in [0, 0.05) is 29.2 Å². The summed E-state index contributed by atoms with van der Waals surface area (Å²) in [6.45, 7) is 1.02. The highest BCUT2D eigenvalue weighted by molar-refractivity contribution is 6.30. The van der Waals surface area contributed by atoms with Crippen LogP contribution in [0.15, 0.2) is 48.5 Å². The number of amides is 1. The highest BCUT2D eigenvalue weighted by atomic mass is 35.5. The highest BCUT2D eigenvalue weighted by Gasteiger charge is 2.39. The van der Waals surface area contributed by atoms with Gasteiger partial charge in [-0.1, -0.05) is 11.6 Å². The van der Waals surface area contributed by atoms with E-state index in [9.17, 15) is 4.79 Å². The van der Waals surface area contributed by atoms with E-state index in [2.05, 4.69) is 10.6 Å². The van der Waals surface area contributed by atoms with Crippen molar-refractivity contribution in [2.45, 2.75) is 24.9 Å². The van der Waals surface area contributed by atoms with Crippen LogP contribution in [-0.4, -0.2) is 24.5 Å². The molecule has 2 aromatic rings. The first kappa shape index (κ1) is 15.5. The fourth-order valence-electron chi connectivity index (χ4n) is 3.58. The molecule has 1 saturated heterocycles. The lowest BCUT2D eigenvalue weighted by Gasteiger charge is -2.23. The van der Waals surface area contributed by atoms with Gasteiger partial charge in [-0.2, -0.15) is 0 Å². The first-order valence-corrected chi connectivity index (χ1v) is 8.63. The molecule has 1 aliphatic carbocycles. The van der Waals surface area contributed by atoms with Gasteiger partial charge in [-0.05, 0) is 67.3 Å². The van der Waals surface area contributed by atoms with Crippen LogP contribution >= 0.6 is 11.6 Å². The summed E-state index contributed by atoms with van der Waals surface area (Å²) in [4.78, 5) is 12.4. The molecule has 1 aliphatic heterocycles. The molecular weight excluding hydrogens is 324 g/mol. The smallest absolute Gasteiger partial charge is 0.251 e. The Kier molecular flexibility index (Phi) is 4.17. The highest BCUT2D eigenvalue weighted by Crippen LogP contribution is 2.31. The van der Waals surface area contributed by atoms with Crippen molar-refractivity contribution < 1.29 is 9.53 Å². The number of hydrogen-bond donors (Lipinski definition) is 2. The molecule has 1 saturated carbocycles. The number of nitrogens with one attached hydrogen (secondary N) is 2. The van der Waals surface area contributed by atoms with E-state index in [-0.39, 0.29) is 5.91 Å². The summed E-state index contributed by atoms with van der Waals surface area (Å²) in [6, 6.07) is 15.3. The quantitative estimate of drug-likeness (QED) is 0.892. The van der Waals surface area contributed by atoms with Crippen molar-refractivity contribution in [3.63, 3.8) is 0 Å². The summed E-state index contributed by atoms with van der Waals surface area (Å²) in [5.41, 5.74) is 0.661. The van der Waals surface area contributed by atoms with E-state index < -0.39 is 0 Å². The molecule has 0 aromatic heterocycles. The number of benzene rings is 2. The predicted octanol–water partition coefficient (Wildman–Crippen LogP) is 3.61. The molecule has 24 heavy (non-hydrogen) atoms. The average molecular weight is 343 g/mol. The second kappa shape index (κ2) is 6.46. The maximum atomic E-state index is 12.4. The Bertz CT molecular complexity index is 730. The van der Waals surface area contributed by atoms with Crippen LogP contribution in [0.1, 0.15) is 23.2 Å². The molecule has 0 radical (unpaired) electrons. The van der Waals surface area contributed by atoms with Gasteiger partial charge in [-0.3, -0.25) is 4.79 Å². The largest absolute Gasteiger partial charge is 0.457 e. The van der Waals surface area contributed by atoms with Gasteiger partial charge in [0.05, 0.1) is 0 Å². The number of halogens is 1. The number of rotatable bonds is 4. The lowest BCUT2D eigenvalue weighted by Crippen LogP contribution is -2.44. The third kappa shape index (κ3) is 3.25. The molecule has 3 atom stereocenters. The first-order chi connectivity index (χ1) is 11.7. The van der Waals surface area contributed by atoms with Crippen LogP contribution in [0.2, 0.25) is 5.02 Å². The van der Waals surface area contributed by atoms with Crippen molar-refractivity contribution in [3.05, 3.63) is 59.1 Å². The van der Waals surface area contributed by atoms with Gasteiger partial charge in [0.1, 0.15) is 11.5 Å². The SMILES string of the molecule is O=C(NC1CC2CC1CN2)c1ccc(Oc2ccc(Cl)cc2)cc1. The van der Waals surface area contributed by atoms with Crippen LogP contribution in [0, 0.1) is 5.92 Å². The Balaban J connectivity index is 1.38. The topological polar surface area (TPSA) is 50.4 Å². The minimum Gasteiger partial charge on any atom is -0.457 e. The molecule has 4 nitrogen and oxygen atoms in total. The third-order valence-corrected chi connectivity index (χ3v) is 5.10. The Morgan fingerprint density at radius 3 is 2.29 bits per heavy atom. The number of ether oxygens (including phenoxy) is 1. The van der Waals surface area contributed by atoms with Crippen molar-refractivity contribution in [2.24, 2.45) is 5.92 Å². The number of fused-ring (bicyclic) bond motifs is 2. The average Bonchev–Trinajstić information content (AvgIpc) is 3.20. The third-order valence-electron chi connectivity index (χ3n) is 4.85. The standard InChI is InChI=1S/C19H19ClN2O2/c20-14-3-7-17(8-4-14)24-16-5-1-12(2-6-16)19(23)22-18-10-15-9-13(18)11-21-15/h1-8,13,15,18,21H,9-11H2,(H,22,23). The van der Waals surface area contributed by atoms with Gasteiger partial charge in [-0.25, -0.2) is 0 Å². The summed E-state index contributed by atoms with van der Waals surface area (Å²) in [6.07, 6.45) is 2.22. The van der Waals surface area contributed by atoms with Crippen molar-refractivity contribution in [2.75, 3.05) is 6.54 Å². The zero-order valence-corrected chi connectivity index (χ0v) is 13.9. The second-order valence-electron chi connectivity index (χ2n) is 6.50. The Morgan fingerprint density at radius 1 is 1.04 bits per heavy atom. The van der Waals surface area contributed by atoms with Gasteiger partial charge in [0.15, 0.2) is 0 Å². The molecule has 1 heterocycles. The molecule has 2 aliphatic rings. The van der Waals surface area contributed by atoms with Gasteiger partial charge < -0.3 is 15.4 Å². The number of hydrogen-bond acceptors (Lipinski definition) is 3. The summed E-state index contributed by atoms with van der Waals surface area (Å²) >= 11 is 5.86. The van der Waals surface area contributed by atoms with Crippen LogP contribution in [0.5, 0.6) is 11.5 Å². The van der Waals surface area contributed by atoms with Crippen LogP contribution in [-0.2, 0) is 0 Å². The fraction of sp³-hybridized carbons (Fsp3) is 0.316. The van der Waals surface area contributed by atoms with Crippen LogP contribution in [0.3, 0.4) is 0 Å². The number of piperidine rings is 1. The molecule has 124 valence electrons.